The number of hydrogen-bond donors (Lipinski definition) is 1. The SMILES string of the molecule is O=C1NCCc2ccc(S(=O)(=O)N3CCCC3CC3CCCCC3)cc21. The second kappa shape index (κ2) is 7.31. The van der Waals surface area contributed by atoms with Crippen molar-refractivity contribution in [1.29, 1.82) is 0 Å². The van der Waals surface area contributed by atoms with Gasteiger partial charge in [-0.1, -0.05) is 38.2 Å². The van der Waals surface area contributed by atoms with Crippen molar-refractivity contribution >= 4 is 15.9 Å². The van der Waals surface area contributed by atoms with Crippen molar-refractivity contribution in [3.05, 3.63) is 29.3 Å². The molecule has 1 amide bonds. The van der Waals surface area contributed by atoms with Gasteiger partial charge in [-0.2, -0.15) is 4.31 Å². The first-order chi connectivity index (χ1) is 12.6. The Morgan fingerprint density at radius 2 is 1.88 bits per heavy atom. The summed E-state index contributed by atoms with van der Waals surface area (Å²) in [6.07, 6.45) is 10.0. The topological polar surface area (TPSA) is 66.5 Å². The fourth-order valence-corrected chi connectivity index (χ4v) is 6.59. The van der Waals surface area contributed by atoms with Gasteiger partial charge in [0, 0.05) is 24.7 Å². The van der Waals surface area contributed by atoms with Crippen molar-refractivity contribution in [1.82, 2.24) is 9.62 Å². The van der Waals surface area contributed by atoms with Gasteiger partial charge in [-0.3, -0.25) is 4.79 Å². The largest absolute Gasteiger partial charge is 0.352 e. The molecule has 1 saturated heterocycles. The highest BCUT2D eigenvalue weighted by Gasteiger charge is 2.37. The molecule has 1 aliphatic carbocycles. The molecule has 1 atom stereocenters. The van der Waals surface area contributed by atoms with E-state index in [1.165, 1.54) is 32.1 Å². The summed E-state index contributed by atoms with van der Waals surface area (Å²) in [6, 6.07) is 5.19. The summed E-state index contributed by atoms with van der Waals surface area (Å²) in [5, 5.41) is 2.80. The van der Waals surface area contributed by atoms with Crippen LogP contribution in [0.1, 0.15) is 67.3 Å². The van der Waals surface area contributed by atoms with E-state index >= 15 is 0 Å². The van der Waals surface area contributed by atoms with Crippen molar-refractivity contribution in [2.45, 2.75) is 68.7 Å². The van der Waals surface area contributed by atoms with E-state index < -0.39 is 10.0 Å². The van der Waals surface area contributed by atoms with Gasteiger partial charge >= 0.3 is 0 Å². The van der Waals surface area contributed by atoms with Crippen molar-refractivity contribution in [2.24, 2.45) is 5.92 Å². The van der Waals surface area contributed by atoms with Gasteiger partial charge in [-0.15, -0.1) is 0 Å². The van der Waals surface area contributed by atoms with E-state index in [1.54, 1.807) is 16.4 Å². The predicted octanol–water partition coefficient (Wildman–Crippen LogP) is 3.10. The highest BCUT2D eigenvalue weighted by atomic mass is 32.2. The van der Waals surface area contributed by atoms with E-state index in [4.69, 9.17) is 0 Å². The number of fused-ring (bicyclic) bond motifs is 1. The molecule has 1 aromatic rings. The number of nitrogens with zero attached hydrogens (tertiary/aromatic N) is 1. The molecule has 1 unspecified atom stereocenters. The monoisotopic (exact) mass is 376 g/mol. The predicted molar refractivity (Wildman–Crippen MR) is 101 cm³/mol. The smallest absolute Gasteiger partial charge is 0.251 e. The maximum atomic E-state index is 13.3. The molecule has 2 aliphatic heterocycles. The Morgan fingerprint density at radius 1 is 1.08 bits per heavy atom. The van der Waals surface area contributed by atoms with E-state index in [-0.39, 0.29) is 16.8 Å². The van der Waals surface area contributed by atoms with Crippen molar-refractivity contribution in [2.75, 3.05) is 13.1 Å². The zero-order chi connectivity index (χ0) is 18.1. The molecule has 0 spiro atoms. The molecule has 6 heteroatoms. The number of nitrogens with one attached hydrogen (secondary N) is 1. The van der Waals surface area contributed by atoms with Crippen molar-refractivity contribution < 1.29 is 13.2 Å². The second-order valence-corrected chi connectivity index (χ2v) is 9.87. The van der Waals surface area contributed by atoms with Crippen LogP contribution in [0, 0.1) is 5.92 Å². The van der Waals surface area contributed by atoms with E-state index in [1.807, 2.05) is 6.07 Å². The van der Waals surface area contributed by atoms with Gasteiger partial charge in [0.15, 0.2) is 0 Å². The molecule has 2 fully saturated rings. The average Bonchev–Trinajstić information content (AvgIpc) is 3.11. The van der Waals surface area contributed by atoms with Crippen LogP contribution in [0.25, 0.3) is 0 Å². The summed E-state index contributed by atoms with van der Waals surface area (Å²) in [6.45, 7) is 1.22. The number of amides is 1. The van der Waals surface area contributed by atoms with Gasteiger partial charge in [0.05, 0.1) is 4.90 Å². The van der Waals surface area contributed by atoms with Crippen LogP contribution in [0.5, 0.6) is 0 Å². The van der Waals surface area contributed by atoms with Gasteiger partial charge in [0.25, 0.3) is 5.91 Å². The molecule has 1 N–H and O–H groups in total. The molecule has 1 saturated carbocycles. The summed E-state index contributed by atoms with van der Waals surface area (Å²) < 4.78 is 28.3. The molecule has 4 rings (SSSR count). The third-order valence-electron chi connectivity index (χ3n) is 6.27. The lowest BCUT2D eigenvalue weighted by Gasteiger charge is -2.30. The van der Waals surface area contributed by atoms with Crippen molar-refractivity contribution in [3.8, 4) is 0 Å². The third kappa shape index (κ3) is 3.41. The zero-order valence-corrected chi connectivity index (χ0v) is 16.1. The lowest BCUT2D eigenvalue weighted by Crippen LogP contribution is -2.37. The fraction of sp³-hybridized carbons (Fsp3) is 0.650. The number of carbonyl (C=O) groups is 1. The summed E-state index contributed by atoms with van der Waals surface area (Å²) in [5.41, 5.74) is 1.45. The molecule has 142 valence electrons. The minimum absolute atomic E-state index is 0.118. The van der Waals surface area contributed by atoms with E-state index in [9.17, 15) is 13.2 Å². The number of benzene rings is 1. The van der Waals surface area contributed by atoms with Crippen LogP contribution in [0.4, 0.5) is 0 Å². The normalized spacial score (nSPS) is 25.1. The van der Waals surface area contributed by atoms with E-state index in [0.717, 1.165) is 31.2 Å². The Hall–Kier alpha value is -1.40. The second-order valence-electron chi connectivity index (χ2n) is 7.98. The van der Waals surface area contributed by atoms with Crippen LogP contribution < -0.4 is 5.32 Å². The molecule has 1 aromatic carbocycles. The average molecular weight is 377 g/mol. The molecule has 0 radical (unpaired) electrons. The first-order valence-corrected chi connectivity index (χ1v) is 11.4. The quantitative estimate of drug-likeness (QED) is 0.878. The number of rotatable bonds is 4. The Balaban J connectivity index is 1.57. The lowest BCUT2D eigenvalue weighted by molar-refractivity contribution is 0.0945. The minimum atomic E-state index is -3.54. The van der Waals surface area contributed by atoms with E-state index in [2.05, 4.69) is 5.32 Å². The Morgan fingerprint density at radius 3 is 2.69 bits per heavy atom. The molecule has 5 nitrogen and oxygen atoms in total. The minimum Gasteiger partial charge on any atom is -0.352 e. The molecular formula is C20H28N2O3S. The maximum Gasteiger partial charge on any atom is 0.251 e. The van der Waals surface area contributed by atoms with Gasteiger partial charge < -0.3 is 5.32 Å². The lowest BCUT2D eigenvalue weighted by atomic mass is 9.84. The van der Waals surface area contributed by atoms with Crippen LogP contribution in [-0.4, -0.2) is 37.8 Å². The van der Waals surface area contributed by atoms with Crippen molar-refractivity contribution in [3.63, 3.8) is 0 Å². The molecule has 0 bridgehead atoms. The van der Waals surface area contributed by atoms with Gasteiger partial charge in [-0.05, 0) is 49.3 Å². The standard InChI is InChI=1S/C20H28N2O3S/c23-20-19-14-18(9-8-16(19)10-11-21-20)26(24,25)22-12-4-7-17(22)13-15-5-2-1-3-6-15/h8-9,14-15,17H,1-7,10-13H2,(H,21,23). The van der Waals surface area contributed by atoms with E-state index in [0.29, 0.717) is 24.6 Å². The zero-order valence-electron chi connectivity index (χ0n) is 15.2. The Kier molecular flexibility index (Phi) is 5.06. The highest BCUT2D eigenvalue weighted by Crippen LogP contribution is 2.35. The van der Waals surface area contributed by atoms with Crippen LogP contribution in [0.2, 0.25) is 0 Å². The molecule has 0 aromatic heterocycles. The number of sulfonamides is 1. The summed E-state index contributed by atoms with van der Waals surface area (Å²) in [5.74, 6) is 0.502. The molecule has 3 aliphatic rings. The maximum absolute atomic E-state index is 13.3. The van der Waals surface area contributed by atoms with Crippen LogP contribution >= 0.6 is 0 Å². The first-order valence-electron chi connectivity index (χ1n) is 9.98. The van der Waals surface area contributed by atoms with Crippen LogP contribution in [0.15, 0.2) is 23.1 Å². The molecular weight excluding hydrogens is 348 g/mol. The van der Waals surface area contributed by atoms with Crippen LogP contribution in [0.3, 0.4) is 0 Å². The molecule has 26 heavy (non-hydrogen) atoms. The summed E-state index contributed by atoms with van der Waals surface area (Å²) in [7, 11) is -3.54. The fourth-order valence-electron chi connectivity index (χ4n) is 4.86. The number of hydrogen-bond acceptors (Lipinski definition) is 3. The first kappa shape index (κ1) is 18.0. The summed E-state index contributed by atoms with van der Waals surface area (Å²) >= 11 is 0. The van der Waals surface area contributed by atoms with Crippen LogP contribution in [-0.2, 0) is 16.4 Å². The molecule has 2 heterocycles. The Labute approximate surface area is 156 Å². The highest BCUT2D eigenvalue weighted by molar-refractivity contribution is 7.89. The number of carbonyl (C=O) groups excluding carboxylic acids is 1. The van der Waals surface area contributed by atoms with Gasteiger partial charge in [-0.25, -0.2) is 8.42 Å². The Bertz CT molecular complexity index is 784. The van der Waals surface area contributed by atoms with Gasteiger partial charge in [0.2, 0.25) is 10.0 Å². The summed E-state index contributed by atoms with van der Waals surface area (Å²) in [4.78, 5) is 12.4. The third-order valence-corrected chi connectivity index (χ3v) is 8.21. The van der Waals surface area contributed by atoms with Gasteiger partial charge in [0.1, 0.15) is 0 Å².